The van der Waals surface area contributed by atoms with Crippen molar-refractivity contribution in [3.8, 4) is 17.6 Å². The van der Waals surface area contributed by atoms with Crippen molar-refractivity contribution in [1.29, 1.82) is 0 Å². The number of carbonyl (C=O) groups is 2. The molecule has 18 atom stereocenters. The van der Waals surface area contributed by atoms with Crippen LogP contribution in [0.25, 0.3) is 23.1 Å². The van der Waals surface area contributed by atoms with Gasteiger partial charge in [0.1, 0.15) is 11.3 Å². The van der Waals surface area contributed by atoms with Gasteiger partial charge in [0.2, 0.25) is 0 Å². The summed E-state index contributed by atoms with van der Waals surface area (Å²) in [5.41, 5.74) is 17.2. The molecule has 0 amide bonds. The second-order valence-corrected chi connectivity index (χ2v) is 33.3. The Morgan fingerprint density at radius 2 is 1.58 bits per heavy atom. The van der Waals surface area contributed by atoms with Crippen LogP contribution < -0.4 is 10.4 Å². The highest BCUT2D eigenvalue weighted by molar-refractivity contribution is 5.91. The zero-order valence-electron chi connectivity index (χ0n) is 59.0. The van der Waals surface area contributed by atoms with Crippen LogP contribution in [0.3, 0.4) is 0 Å². The van der Waals surface area contributed by atoms with E-state index in [1.807, 2.05) is 19.1 Å². The average Bonchev–Trinajstić information content (AvgIpc) is 1.31. The number of aliphatic hydroxyl groups is 3. The zero-order valence-corrected chi connectivity index (χ0v) is 59.0. The highest BCUT2D eigenvalue weighted by Crippen LogP contribution is 2.68. The number of hydrogen-bond donors (Lipinski definition) is 3. The Labute approximate surface area is 602 Å². The van der Waals surface area contributed by atoms with Crippen molar-refractivity contribution in [1.82, 2.24) is 0 Å². The first-order chi connectivity index (χ1) is 50.4. The Morgan fingerprint density at radius 3 is 2.45 bits per heavy atom. The van der Waals surface area contributed by atoms with Gasteiger partial charge < -0.3 is 38.7 Å². The second kappa shape index (κ2) is 24.4. The third-order valence-electron chi connectivity index (χ3n) is 29.0. The number of aliphatic hydroxyl groups excluding tert-OH is 3. The fourth-order valence-corrected chi connectivity index (χ4v) is 24.7. The van der Waals surface area contributed by atoms with Crippen molar-refractivity contribution in [3.63, 3.8) is 0 Å². The molecule has 0 radical (unpaired) electrons. The first-order valence-electron chi connectivity index (χ1n) is 38.8. The molecule has 1 aromatic heterocycles. The van der Waals surface area contributed by atoms with E-state index in [2.05, 4.69) is 145 Å². The van der Waals surface area contributed by atoms with E-state index < -0.39 is 59.9 Å². The highest BCUT2D eigenvalue weighted by Gasteiger charge is 2.66. The third-order valence-corrected chi connectivity index (χ3v) is 29.0. The minimum atomic E-state index is -1.50. The van der Waals surface area contributed by atoms with Gasteiger partial charge in [-0.1, -0.05) is 152 Å². The predicted octanol–water partition coefficient (Wildman–Crippen LogP) is 16.2. The lowest BCUT2D eigenvalue weighted by atomic mass is 9.47. The smallest absolute Gasteiger partial charge is 0.340 e. The minimum Gasteiger partial charge on any atom is -0.481 e. The normalized spacial score (nSPS) is 33.9. The molecule has 11 heteroatoms. The maximum absolute atomic E-state index is 16.9. The minimum absolute atomic E-state index is 0.0259. The van der Waals surface area contributed by atoms with Crippen LogP contribution >= 0.6 is 0 Å². The van der Waals surface area contributed by atoms with Gasteiger partial charge in [-0.25, -0.2) is 9.59 Å². The maximum atomic E-state index is 16.9. The molecule has 103 heavy (non-hydrogen) atoms. The molecule has 17 aliphatic carbocycles. The molecule has 2 saturated carbocycles. The second-order valence-electron chi connectivity index (χ2n) is 33.3. The Kier molecular flexibility index (Phi) is 15.2. The van der Waals surface area contributed by atoms with E-state index in [0.717, 1.165) is 57.8 Å². The summed E-state index contributed by atoms with van der Waals surface area (Å²) in [4.78, 5) is 48.8. The van der Waals surface area contributed by atoms with Gasteiger partial charge in [0.15, 0.2) is 17.8 Å². The van der Waals surface area contributed by atoms with E-state index in [1.54, 1.807) is 0 Å². The summed E-state index contributed by atoms with van der Waals surface area (Å²) in [6.07, 6.45) is 24.4. The van der Waals surface area contributed by atoms with Gasteiger partial charge in [-0.2, -0.15) is 0 Å². The van der Waals surface area contributed by atoms with Crippen molar-refractivity contribution in [2.24, 2.45) is 41.4 Å². The fraction of sp³-hybridized carbons (Fsp3) is 0.446. The molecule has 3 fully saturated rings. The fourth-order valence-electron chi connectivity index (χ4n) is 24.7. The molecule has 11 nitrogen and oxygen atoms in total. The largest absolute Gasteiger partial charge is 0.481 e. The first kappa shape index (κ1) is 64.2. The molecule has 1 saturated heterocycles. The van der Waals surface area contributed by atoms with Crippen LogP contribution in [0.15, 0.2) is 154 Å². The number of rotatable bonds is 7. The Morgan fingerprint density at radius 1 is 0.728 bits per heavy atom. The van der Waals surface area contributed by atoms with E-state index in [1.165, 1.54) is 97.8 Å². The van der Waals surface area contributed by atoms with Crippen molar-refractivity contribution in [2.45, 2.75) is 187 Å². The highest BCUT2D eigenvalue weighted by atomic mass is 16.6. The lowest BCUT2D eigenvalue weighted by molar-refractivity contribution is -0.205. The third kappa shape index (κ3) is 9.44. The lowest BCUT2D eigenvalue weighted by Gasteiger charge is -2.55. The lowest BCUT2D eigenvalue weighted by Crippen LogP contribution is -2.61. The van der Waals surface area contributed by atoms with E-state index in [0.29, 0.717) is 52.5 Å². The molecule has 18 unspecified atom stereocenters. The molecule has 3 N–H and O–H groups in total. The molecular weight excluding hydrogens is 1280 g/mol. The van der Waals surface area contributed by atoms with E-state index in [-0.39, 0.29) is 120 Å². The van der Waals surface area contributed by atoms with Crippen LogP contribution in [0.4, 0.5) is 0 Å². The Bertz CT molecular complexity index is 4990. The van der Waals surface area contributed by atoms with Gasteiger partial charge >= 0.3 is 17.6 Å². The number of esters is 2. The van der Waals surface area contributed by atoms with Crippen LogP contribution in [0.2, 0.25) is 0 Å². The summed E-state index contributed by atoms with van der Waals surface area (Å²) in [5.74, 6) is 6.52. The summed E-state index contributed by atoms with van der Waals surface area (Å²) in [6, 6.07) is 41.4. The Hall–Kier alpha value is -8.37. The Balaban J connectivity index is 0.882. The number of carbonyl (C=O) groups excluding carboxylic acids is 2. The van der Waals surface area contributed by atoms with Crippen LogP contribution in [-0.4, -0.2) is 65.9 Å². The number of methoxy groups -OCH3 is 1. The van der Waals surface area contributed by atoms with Gasteiger partial charge in [0, 0.05) is 71.2 Å². The molecule has 21 aliphatic rings. The molecular formula is C92H90O11. The molecule has 7 aromatic rings. The van der Waals surface area contributed by atoms with E-state index in [4.69, 9.17) is 23.4 Å². The van der Waals surface area contributed by atoms with Crippen LogP contribution in [0.5, 0.6) is 5.75 Å². The number of benzene rings is 6. The number of allylic oxidation sites excluding steroid dienone is 4. The van der Waals surface area contributed by atoms with Crippen molar-refractivity contribution in [2.75, 3.05) is 26.9 Å². The van der Waals surface area contributed by atoms with Crippen molar-refractivity contribution >= 4 is 35.1 Å². The van der Waals surface area contributed by atoms with Crippen molar-refractivity contribution < 1.29 is 48.3 Å². The van der Waals surface area contributed by atoms with Crippen LogP contribution in [0, 0.1) is 53.3 Å². The summed E-state index contributed by atoms with van der Waals surface area (Å²) in [5, 5.41) is 34.1. The standard InChI is InChI=1S/C92H90O11/c1-50(47-94)70-45-71-59-39-52-17-15-51(16-18-52)38-53-19-20-55-21-23-61-10-5-11-62-24-26-67-65(13-6-14-75(67)92(61,62)77(55)40-53)57-32-36-90-35-31-56-9-7-34-91(78-46-72-64-12-4-3-8-54(64)22-25-66(72)73(78)43-60(41-59)81-68(71)27-29-76(90)83(56)81)87(102-88(70)97)86(100-80(96)44-63(90)42-57)84-79(103-91)30-28-69-74(48-95)82(89(98)101-85(69)84)58(33-37-93)49-99-2/h3-4,6,8,12-23,25,27-30,32,36,40,56-63,66,71-73,78,86-87,93-95H,5,10-11,24,26,31,33-35,37-39,41-49H2,1-2H3. The molecule has 524 valence electrons. The van der Waals surface area contributed by atoms with Crippen LogP contribution in [0.1, 0.15) is 233 Å². The molecule has 4 aliphatic heterocycles. The SMILES string of the molecule is COCC(CCO)c1c(CO)c2ccc3c(c2oc1=O)C1OC(=O)CC2CC4C=CC25CCC2C#CCC6(O3)C3CC7c8ccccc8C=CC7C3CC3CC(Cc7ccc(cc7)Cc7ccc8c(c7)C79c%10cccc4c%10CCC7CCCC9C=C8)C(CC(=C(C)CO)C(=O)OC16)c1ccc5c2c13. The topological polar surface area (TPSA) is 162 Å². The number of fused-ring (bicyclic) bond motifs is 9. The van der Waals surface area contributed by atoms with E-state index >= 15 is 14.4 Å². The summed E-state index contributed by atoms with van der Waals surface area (Å²) < 4.78 is 35.7. The summed E-state index contributed by atoms with van der Waals surface area (Å²) in [7, 11) is 1.54. The molecule has 28 rings (SSSR count). The quantitative estimate of drug-likeness (QED) is 0.0458. The monoisotopic (exact) mass is 1370 g/mol. The number of ether oxygens (including phenoxy) is 4. The predicted molar refractivity (Wildman–Crippen MR) is 395 cm³/mol. The number of hydrogen-bond acceptors (Lipinski definition) is 11. The molecule has 6 aromatic carbocycles. The van der Waals surface area contributed by atoms with Gasteiger partial charge in [0.05, 0.1) is 31.8 Å². The molecule has 5 heterocycles. The van der Waals surface area contributed by atoms with Gasteiger partial charge in [-0.3, -0.25) is 4.79 Å². The van der Waals surface area contributed by atoms with Crippen LogP contribution in [-0.2, 0) is 60.5 Å². The summed E-state index contributed by atoms with van der Waals surface area (Å²) >= 11 is 0. The van der Waals surface area contributed by atoms with Crippen molar-refractivity contribution in [3.05, 3.63) is 250 Å². The zero-order chi connectivity index (χ0) is 69.4. The molecule has 21 bridgehead atoms. The van der Waals surface area contributed by atoms with Gasteiger partial charge in [-0.15, -0.1) is 0 Å². The first-order valence-corrected chi connectivity index (χ1v) is 38.8. The van der Waals surface area contributed by atoms with Gasteiger partial charge in [-0.05, 0) is 251 Å². The average molecular weight is 1370 g/mol. The van der Waals surface area contributed by atoms with Gasteiger partial charge in [0.25, 0.3) is 0 Å². The molecule has 3 spiro atoms. The maximum Gasteiger partial charge on any atom is 0.340 e. The summed E-state index contributed by atoms with van der Waals surface area (Å²) in [6.45, 7) is 0.732. The van der Waals surface area contributed by atoms with E-state index in [9.17, 15) is 15.3 Å².